The van der Waals surface area contributed by atoms with Gasteiger partial charge in [0.25, 0.3) is 0 Å². The molecule has 1 heterocycles. The predicted octanol–water partition coefficient (Wildman–Crippen LogP) is 3.15. The maximum absolute atomic E-state index is 13.1. The Labute approximate surface area is 91.6 Å². The molecule has 1 aromatic carbocycles. The summed E-state index contributed by atoms with van der Waals surface area (Å²) in [6, 6.07) is 4.96. The van der Waals surface area contributed by atoms with Crippen LogP contribution in [0.3, 0.4) is 0 Å². The first-order chi connectivity index (χ1) is 7.08. The van der Waals surface area contributed by atoms with Crippen LogP contribution in [0.1, 0.15) is 10.4 Å². The third kappa shape index (κ3) is 1.85. The molecule has 0 unspecified atom stereocenters. The van der Waals surface area contributed by atoms with Gasteiger partial charge in [0.15, 0.2) is 0 Å². The van der Waals surface area contributed by atoms with Crippen molar-refractivity contribution < 1.29 is 4.39 Å². The number of rotatable bonds is 1. The molecule has 0 fully saturated rings. The van der Waals surface area contributed by atoms with Crippen LogP contribution < -0.4 is 5.73 Å². The van der Waals surface area contributed by atoms with E-state index >= 15 is 0 Å². The Morgan fingerprint density at radius 2 is 2.07 bits per heavy atom. The van der Waals surface area contributed by atoms with E-state index in [1.165, 1.54) is 17.4 Å². The number of thiazole rings is 1. The highest BCUT2D eigenvalue weighted by Crippen LogP contribution is 2.29. The van der Waals surface area contributed by atoms with Gasteiger partial charge >= 0.3 is 0 Å². The van der Waals surface area contributed by atoms with Crippen LogP contribution in [-0.4, -0.2) is 4.98 Å². The molecule has 0 saturated heterocycles. The quantitative estimate of drug-likeness (QED) is 0.805. The second-order valence-corrected chi connectivity index (χ2v) is 4.63. The number of hydrogen-bond acceptors (Lipinski definition) is 3. The first-order valence-corrected chi connectivity index (χ1v) is 5.39. The lowest BCUT2D eigenvalue weighted by molar-refractivity contribution is 0.619. The van der Waals surface area contributed by atoms with E-state index in [4.69, 9.17) is 5.73 Å². The standard InChI is InChI=1S/C11H11FN2S/c1-6-5-8(3-4-9(6)12)11-14-10(13)7(2)15-11/h3-5H,13H2,1-2H3. The van der Waals surface area contributed by atoms with Gasteiger partial charge in [-0.1, -0.05) is 0 Å². The molecule has 1 aromatic heterocycles. The molecule has 2 N–H and O–H groups in total. The van der Waals surface area contributed by atoms with Gasteiger partial charge in [0.1, 0.15) is 16.6 Å². The number of nitrogens with zero attached hydrogens (tertiary/aromatic N) is 1. The molecule has 0 aliphatic rings. The van der Waals surface area contributed by atoms with E-state index in [2.05, 4.69) is 4.98 Å². The van der Waals surface area contributed by atoms with Crippen molar-refractivity contribution in [2.45, 2.75) is 13.8 Å². The average Bonchev–Trinajstić information content (AvgIpc) is 2.52. The highest BCUT2D eigenvalue weighted by molar-refractivity contribution is 7.15. The summed E-state index contributed by atoms with van der Waals surface area (Å²) in [5.41, 5.74) is 7.21. The number of nitrogens with two attached hydrogens (primary N) is 1. The van der Waals surface area contributed by atoms with Gasteiger partial charge < -0.3 is 5.73 Å². The van der Waals surface area contributed by atoms with Crippen LogP contribution >= 0.6 is 11.3 Å². The summed E-state index contributed by atoms with van der Waals surface area (Å²) < 4.78 is 13.1. The topological polar surface area (TPSA) is 38.9 Å². The molecule has 2 rings (SSSR count). The maximum atomic E-state index is 13.1. The van der Waals surface area contributed by atoms with Crippen LogP contribution in [0.2, 0.25) is 0 Å². The maximum Gasteiger partial charge on any atom is 0.138 e. The van der Waals surface area contributed by atoms with Crippen LogP contribution in [0.4, 0.5) is 10.2 Å². The molecule has 15 heavy (non-hydrogen) atoms. The molecule has 0 atom stereocenters. The molecule has 0 spiro atoms. The Morgan fingerprint density at radius 1 is 1.33 bits per heavy atom. The number of halogens is 1. The minimum Gasteiger partial charge on any atom is -0.383 e. The fraction of sp³-hybridized carbons (Fsp3) is 0.182. The summed E-state index contributed by atoms with van der Waals surface area (Å²) >= 11 is 1.52. The normalized spacial score (nSPS) is 10.6. The molecule has 78 valence electrons. The zero-order chi connectivity index (χ0) is 11.0. The SMILES string of the molecule is Cc1cc(-c2nc(N)c(C)s2)ccc1F. The van der Waals surface area contributed by atoms with Crippen LogP contribution in [0.5, 0.6) is 0 Å². The molecule has 0 amide bonds. The number of aryl methyl sites for hydroxylation is 2. The van der Waals surface area contributed by atoms with Crippen molar-refractivity contribution in [1.82, 2.24) is 4.98 Å². The Morgan fingerprint density at radius 3 is 2.60 bits per heavy atom. The van der Waals surface area contributed by atoms with E-state index in [0.29, 0.717) is 11.4 Å². The van der Waals surface area contributed by atoms with E-state index in [1.807, 2.05) is 6.92 Å². The Balaban J connectivity index is 2.49. The van der Waals surface area contributed by atoms with E-state index in [1.54, 1.807) is 19.1 Å². The first kappa shape index (κ1) is 10.1. The second kappa shape index (κ2) is 3.62. The average molecular weight is 222 g/mol. The molecule has 4 heteroatoms. The molecule has 2 aromatic rings. The molecular weight excluding hydrogens is 211 g/mol. The fourth-order valence-corrected chi connectivity index (χ4v) is 2.14. The number of aromatic nitrogens is 1. The van der Waals surface area contributed by atoms with Gasteiger partial charge in [0, 0.05) is 10.4 Å². The van der Waals surface area contributed by atoms with Crippen LogP contribution in [0, 0.1) is 19.7 Å². The molecule has 0 aliphatic heterocycles. The zero-order valence-corrected chi connectivity index (χ0v) is 9.36. The summed E-state index contributed by atoms with van der Waals surface area (Å²) in [6.07, 6.45) is 0. The minimum absolute atomic E-state index is 0.194. The van der Waals surface area contributed by atoms with Crippen LogP contribution in [0.15, 0.2) is 18.2 Å². The van der Waals surface area contributed by atoms with E-state index in [9.17, 15) is 4.39 Å². The van der Waals surface area contributed by atoms with Crippen molar-refractivity contribution in [3.05, 3.63) is 34.5 Å². The van der Waals surface area contributed by atoms with E-state index in [0.717, 1.165) is 15.4 Å². The molecule has 2 nitrogen and oxygen atoms in total. The Bertz CT molecular complexity index is 486. The van der Waals surface area contributed by atoms with Crippen molar-refractivity contribution >= 4 is 17.2 Å². The Kier molecular flexibility index (Phi) is 2.44. The largest absolute Gasteiger partial charge is 0.383 e. The van der Waals surface area contributed by atoms with Gasteiger partial charge in [-0.3, -0.25) is 0 Å². The number of nitrogen functional groups attached to an aromatic ring is 1. The van der Waals surface area contributed by atoms with Gasteiger partial charge in [0.05, 0.1) is 0 Å². The summed E-state index contributed by atoms with van der Waals surface area (Å²) in [6.45, 7) is 3.66. The van der Waals surface area contributed by atoms with Gasteiger partial charge in [-0.25, -0.2) is 9.37 Å². The lowest BCUT2D eigenvalue weighted by atomic mass is 10.1. The van der Waals surface area contributed by atoms with Crippen molar-refractivity contribution in [3.63, 3.8) is 0 Å². The highest BCUT2D eigenvalue weighted by Gasteiger charge is 2.08. The van der Waals surface area contributed by atoms with Crippen LogP contribution in [-0.2, 0) is 0 Å². The Hall–Kier alpha value is -1.42. The number of hydrogen-bond donors (Lipinski definition) is 1. The molecule has 0 aliphatic carbocycles. The minimum atomic E-state index is -0.194. The van der Waals surface area contributed by atoms with Crippen molar-refractivity contribution in [2.75, 3.05) is 5.73 Å². The summed E-state index contributed by atoms with van der Waals surface area (Å²) in [7, 11) is 0. The van der Waals surface area contributed by atoms with E-state index in [-0.39, 0.29) is 5.82 Å². The molecule has 0 saturated carbocycles. The van der Waals surface area contributed by atoms with Gasteiger partial charge in [0.2, 0.25) is 0 Å². The number of benzene rings is 1. The monoisotopic (exact) mass is 222 g/mol. The summed E-state index contributed by atoms with van der Waals surface area (Å²) in [5, 5.41) is 0.841. The van der Waals surface area contributed by atoms with E-state index < -0.39 is 0 Å². The second-order valence-electron chi connectivity index (χ2n) is 3.42. The van der Waals surface area contributed by atoms with Gasteiger partial charge in [-0.05, 0) is 37.6 Å². The lowest BCUT2D eigenvalue weighted by Gasteiger charge is -1.99. The lowest BCUT2D eigenvalue weighted by Crippen LogP contribution is -1.87. The van der Waals surface area contributed by atoms with Gasteiger partial charge in [-0.2, -0.15) is 0 Å². The smallest absolute Gasteiger partial charge is 0.138 e. The number of anilines is 1. The van der Waals surface area contributed by atoms with Crippen molar-refractivity contribution in [2.24, 2.45) is 0 Å². The zero-order valence-electron chi connectivity index (χ0n) is 8.54. The van der Waals surface area contributed by atoms with Crippen molar-refractivity contribution in [3.8, 4) is 10.6 Å². The van der Waals surface area contributed by atoms with Crippen LogP contribution in [0.25, 0.3) is 10.6 Å². The van der Waals surface area contributed by atoms with Crippen molar-refractivity contribution in [1.29, 1.82) is 0 Å². The fourth-order valence-electron chi connectivity index (χ4n) is 1.31. The first-order valence-electron chi connectivity index (χ1n) is 4.57. The highest BCUT2D eigenvalue weighted by atomic mass is 32.1. The summed E-state index contributed by atoms with van der Waals surface area (Å²) in [5.74, 6) is 0.358. The molecular formula is C11H11FN2S. The van der Waals surface area contributed by atoms with Gasteiger partial charge in [-0.15, -0.1) is 11.3 Å². The third-order valence-electron chi connectivity index (χ3n) is 2.24. The summed E-state index contributed by atoms with van der Waals surface area (Å²) in [4.78, 5) is 5.22. The third-order valence-corrected chi connectivity index (χ3v) is 3.27. The predicted molar refractivity (Wildman–Crippen MR) is 61.4 cm³/mol. The molecule has 0 bridgehead atoms. The molecule has 0 radical (unpaired) electrons.